The van der Waals surface area contributed by atoms with Gasteiger partial charge in [-0.1, -0.05) is 25.1 Å². The predicted molar refractivity (Wildman–Crippen MR) is 87.7 cm³/mol. The summed E-state index contributed by atoms with van der Waals surface area (Å²) in [6.07, 6.45) is 3.24. The van der Waals surface area contributed by atoms with Crippen molar-refractivity contribution in [3.05, 3.63) is 35.4 Å². The molecule has 1 amide bonds. The summed E-state index contributed by atoms with van der Waals surface area (Å²) in [7, 11) is 0. The van der Waals surface area contributed by atoms with Crippen LogP contribution in [0.25, 0.3) is 6.08 Å². The molecule has 2 atom stereocenters. The highest BCUT2D eigenvalue weighted by Crippen LogP contribution is 2.25. The number of nitrogens with one attached hydrogen (secondary N) is 1. The minimum Gasteiger partial charge on any atom is -0.489 e. The molecule has 0 saturated carbocycles. The van der Waals surface area contributed by atoms with Crippen LogP contribution in [0.15, 0.2) is 29.8 Å². The number of carbonyl (C=O) groups excluding carboxylic acids is 1. The Morgan fingerprint density at radius 1 is 1.41 bits per heavy atom. The van der Waals surface area contributed by atoms with Gasteiger partial charge in [-0.05, 0) is 30.1 Å². The summed E-state index contributed by atoms with van der Waals surface area (Å²) in [5, 5.41) is 3.65. The van der Waals surface area contributed by atoms with Crippen LogP contribution >= 0.6 is 0 Å². The Hall–Kier alpha value is -1.81. The number of amides is 1. The number of piperidine rings is 1. The number of para-hydroxylation sites is 1. The second-order valence-corrected chi connectivity index (χ2v) is 6.35. The van der Waals surface area contributed by atoms with E-state index in [9.17, 15) is 4.79 Å². The molecular formula is C18H24N2O2. The number of carbonyl (C=O) groups is 1. The third kappa shape index (κ3) is 3.33. The number of fused-ring (bicyclic) bond motifs is 1. The van der Waals surface area contributed by atoms with Crippen molar-refractivity contribution < 1.29 is 9.53 Å². The van der Waals surface area contributed by atoms with Gasteiger partial charge >= 0.3 is 0 Å². The number of ether oxygens (including phenoxy) is 1. The predicted octanol–water partition coefficient (Wildman–Crippen LogP) is 2.31. The number of likely N-dealkylation sites (tertiary alicyclic amines) is 1. The lowest BCUT2D eigenvalue weighted by molar-refractivity contribution is -0.130. The highest BCUT2D eigenvalue weighted by molar-refractivity contribution is 5.73. The lowest BCUT2D eigenvalue weighted by Gasteiger charge is -2.37. The first-order valence-corrected chi connectivity index (χ1v) is 8.03. The molecule has 1 aromatic carbocycles. The number of rotatable bonds is 3. The monoisotopic (exact) mass is 300 g/mol. The quantitative estimate of drug-likeness (QED) is 0.931. The Morgan fingerprint density at radius 3 is 3.00 bits per heavy atom. The van der Waals surface area contributed by atoms with Gasteiger partial charge in [0.25, 0.3) is 0 Å². The van der Waals surface area contributed by atoms with E-state index < -0.39 is 0 Å². The zero-order chi connectivity index (χ0) is 15.5. The number of hydrogen-bond donors (Lipinski definition) is 1. The standard InChI is InChI=1S/C18H24N2O2/c1-13-11-20(14(2)21)8-7-17(13)19-10-15-9-16-5-3-4-6-18(16)22-12-15/h3-6,9,13,17,19H,7-8,10-12H2,1-2H3/t13-,17-/m0/s1. The summed E-state index contributed by atoms with van der Waals surface area (Å²) >= 11 is 0. The Kier molecular flexibility index (Phi) is 4.48. The van der Waals surface area contributed by atoms with E-state index in [1.165, 1.54) is 5.57 Å². The Bertz CT molecular complexity index is 582. The molecule has 2 aliphatic rings. The number of hydrogen-bond acceptors (Lipinski definition) is 3. The second kappa shape index (κ2) is 6.53. The summed E-state index contributed by atoms with van der Waals surface area (Å²) in [6.45, 7) is 7.09. The summed E-state index contributed by atoms with van der Waals surface area (Å²) in [4.78, 5) is 13.4. The molecule has 0 aromatic heterocycles. The molecule has 0 unspecified atom stereocenters. The molecule has 4 heteroatoms. The van der Waals surface area contributed by atoms with E-state index in [4.69, 9.17) is 4.74 Å². The maximum Gasteiger partial charge on any atom is 0.219 e. The molecule has 1 fully saturated rings. The first-order valence-electron chi connectivity index (χ1n) is 8.03. The topological polar surface area (TPSA) is 41.6 Å². The van der Waals surface area contributed by atoms with Crippen LogP contribution in [0.2, 0.25) is 0 Å². The van der Waals surface area contributed by atoms with Gasteiger partial charge in [-0.15, -0.1) is 0 Å². The van der Waals surface area contributed by atoms with Gasteiger partial charge in [0, 0.05) is 38.2 Å². The maximum atomic E-state index is 11.5. The van der Waals surface area contributed by atoms with Crippen molar-refractivity contribution in [3.63, 3.8) is 0 Å². The van der Waals surface area contributed by atoms with E-state index in [1.807, 2.05) is 23.1 Å². The van der Waals surface area contributed by atoms with E-state index >= 15 is 0 Å². The molecule has 1 N–H and O–H groups in total. The van der Waals surface area contributed by atoms with Gasteiger partial charge in [0.1, 0.15) is 12.4 Å². The molecule has 4 nitrogen and oxygen atoms in total. The SMILES string of the molecule is CC(=O)N1CC[C@H](NCC2=Cc3ccccc3OC2)[C@@H](C)C1. The molecular weight excluding hydrogens is 276 g/mol. The van der Waals surface area contributed by atoms with Crippen LogP contribution in [-0.4, -0.2) is 43.1 Å². The minimum atomic E-state index is 0.185. The summed E-state index contributed by atoms with van der Waals surface area (Å²) in [6, 6.07) is 8.60. The average molecular weight is 300 g/mol. The fourth-order valence-electron chi connectivity index (χ4n) is 3.26. The van der Waals surface area contributed by atoms with E-state index in [0.717, 1.165) is 37.4 Å². The fraction of sp³-hybridized carbons (Fsp3) is 0.500. The van der Waals surface area contributed by atoms with Crippen LogP contribution in [0, 0.1) is 5.92 Å². The summed E-state index contributed by atoms with van der Waals surface area (Å²) in [5.41, 5.74) is 2.44. The smallest absolute Gasteiger partial charge is 0.219 e. The number of nitrogens with zero attached hydrogens (tertiary/aromatic N) is 1. The molecule has 0 bridgehead atoms. The van der Waals surface area contributed by atoms with E-state index in [-0.39, 0.29) is 5.91 Å². The third-order valence-electron chi connectivity index (χ3n) is 4.63. The van der Waals surface area contributed by atoms with Crippen molar-refractivity contribution in [3.8, 4) is 5.75 Å². The highest BCUT2D eigenvalue weighted by Gasteiger charge is 2.27. The van der Waals surface area contributed by atoms with Crippen LogP contribution in [0.3, 0.4) is 0 Å². The molecule has 2 aliphatic heterocycles. The molecule has 22 heavy (non-hydrogen) atoms. The molecule has 0 radical (unpaired) electrons. The van der Waals surface area contributed by atoms with Crippen molar-refractivity contribution >= 4 is 12.0 Å². The van der Waals surface area contributed by atoms with Crippen molar-refractivity contribution in [2.45, 2.75) is 26.3 Å². The second-order valence-electron chi connectivity index (χ2n) is 6.35. The normalized spacial score (nSPS) is 24.3. The van der Waals surface area contributed by atoms with Crippen molar-refractivity contribution in [2.75, 3.05) is 26.2 Å². The zero-order valence-corrected chi connectivity index (χ0v) is 13.3. The molecule has 1 aromatic rings. The molecule has 118 valence electrons. The maximum absolute atomic E-state index is 11.5. The van der Waals surface area contributed by atoms with Gasteiger partial charge in [-0.2, -0.15) is 0 Å². The fourth-order valence-corrected chi connectivity index (χ4v) is 3.26. The molecule has 2 heterocycles. The lowest BCUT2D eigenvalue weighted by Crippen LogP contribution is -2.50. The van der Waals surface area contributed by atoms with Gasteiger partial charge in [-0.25, -0.2) is 0 Å². The van der Waals surface area contributed by atoms with Crippen molar-refractivity contribution in [1.82, 2.24) is 10.2 Å². The van der Waals surface area contributed by atoms with Crippen LogP contribution in [0.4, 0.5) is 0 Å². The molecule has 0 spiro atoms. The highest BCUT2D eigenvalue weighted by atomic mass is 16.5. The third-order valence-corrected chi connectivity index (χ3v) is 4.63. The summed E-state index contributed by atoms with van der Waals surface area (Å²) < 4.78 is 5.79. The van der Waals surface area contributed by atoms with Crippen LogP contribution in [-0.2, 0) is 4.79 Å². The molecule has 0 aliphatic carbocycles. The van der Waals surface area contributed by atoms with E-state index in [2.05, 4.69) is 24.4 Å². The average Bonchev–Trinajstić information content (AvgIpc) is 2.53. The van der Waals surface area contributed by atoms with E-state index in [1.54, 1.807) is 6.92 Å². The van der Waals surface area contributed by atoms with Crippen LogP contribution in [0.5, 0.6) is 5.75 Å². The largest absolute Gasteiger partial charge is 0.489 e. The van der Waals surface area contributed by atoms with Crippen molar-refractivity contribution in [1.29, 1.82) is 0 Å². The minimum absolute atomic E-state index is 0.185. The molecule has 1 saturated heterocycles. The van der Waals surface area contributed by atoms with Gasteiger partial charge in [0.05, 0.1) is 0 Å². The Balaban J connectivity index is 1.55. The van der Waals surface area contributed by atoms with Crippen LogP contribution < -0.4 is 10.1 Å². The lowest BCUT2D eigenvalue weighted by atomic mass is 9.93. The molecule has 3 rings (SSSR count). The number of benzene rings is 1. The van der Waals surface area contributed by atoms with Gasteiger partial charge in [0.2, 0.25) is 5.91 Å². The van der Waals surface area contributed by atoms with Gasteiger partial charge in [-0.3, -0.25) is 4.79 Å². The Labute approximate surface area is 132 Å². The summed E-state index contributed by atoms with van der Waals surface area (Å²) in [5.74, 6) is 1.63. The van der Waals surface area contributed by atoms with Gasteiger partial charge < -0.3 is 15.0 Å². The Morgan fingerprint density at radius 2 is 2.23 bits per heavy atom. The van der Waals surface area contributed by atoms with E-state index in [0.29, 0.717) is 18.6 Å². The zero-order valence-electron chi connectivity index (χ0n) is 13.3. The van der Waals surface area contributed by atoms with Crippen molar-refractivity contribution in [2.24, 2.45) is 5.92 Å². The first-order chi connectivity index (χ1) is 10.6. The van der Waals surface area contributed by atoms with Crippen LogP contribution in [0.1, 0.15) is 25.8 Å². The first kappa shape index (κ1) is 15.1. The van der Waals surface area contributed by atoms with Gasteiger partial charge in [0.15, 0.2) is 0 Å².